The summed E-state index contributed by atoms with van der Waals surface area (Å²) in [5.41, 5.74) is 10.8. The Morgan fingerprint density at radius 3 is 2.14 bits per heavy atom. The second-order valence-electron chi connectivity index (χ2n) is 13.3. The summed E-state index contributed by atoms with van der Waals surface area (Å²) in [4.78, 5) is 14.3. The van der Waals surface area contributed by atoms with E-state index < -0.39 is 4.87 Å². The molecule has 1 aliphatic carbocycles. The number of anilines is 2. The molecule has 0 radical (unpaired) electrons. The van der Waals surface area contributed by atoms with Crippen LogP contribution in [0, 0.1) is 0 Å². The van der Waals surface area contributed by atoms with Gasteiger partial charge < -0.3 is 4.42 Å². The van der Waals surface area contributed by atoms with Gasteiger partial charge in [0.05, 0.1) is 21.6 Å². The van der Waals surface area contributed by atoms with Crippen LogP contribution in [0.1, 0.15) is 11.1 Å². The van der Waals surface area contributed by atoms with Crippen molar-refractivity contribution in [1.82, 2.24) is 9.97 Å². The van der Waals surface area contributed by atoms with Crippen molar-refractivity contribution in [2.45, 2.75) is 9.77 Å². The number of benzene rings is 7. The molecule has 6 heteroatoms. The largest absolute Gasteiger partial charge is 0.456 e. The normalized spacial score (nSPS) is 14.3. The molecule has 51 heavy (non-hydrogen) atoms. The number of hydrogen-bond acceptors (Lipinski definition) is 6. The van der Waals surface area contributed by atoms with Crippen LogP contribution in [0.4, 0.5) is 11.6 Å². The molecule has 3 aromatic heterocycles. The summed E-state index contributed by atoms with van der Waals surface area (Å²) in [5, 5.41) is 5.76. The summed E-state index contributed by atoms with van der Waals surface area (Å²) in [6.07, 6.45) is 0. The lowest BCUT2D eigenvalue weighted by atomic mass is 9.99. The van der Waals surface area contributed by atoms with Crippen molar-refractivity contribution in [2.75, 3.05) is 4.90 Å². The molecule has 0 amide bonds. The van der Waals surface area contributed by atoms with E-state index in [0.717, 1.165) is 54.5 Å². The van der Waals surface area contributed by atoms with Gasteiger partial charge in [0, 0.05) is 47.8 Å². The van der Waals surface area contributed by atoms with E-state index in [4.69, 9.17) is 14.4 Å². The highest BCUT2D eigenvalue weighted by Gasteiger charge is 2.53. The molecule has 4 heterocycles. The zero-order valence-corrected chi connectivity index (χ0v) is 28.6. The molecule has 10 aromatic rings. The zero-order chi connectivity index (χ0) is 33.3. The average Bonchev–Trinajstić information content (AvgIpc) is 3.83. The van der Waals surface area contributed by atoms with Crippen LogP contribution in [0.5, 0.6) is 0 Å². The standard InChI is InChI=1S/C45H25N3OS2/c1-5-17-33-28(13-1)29-14-2-6-18-34(29)45(33)48(35-19-9-11-26-12-10-22-39(51-45)40(26)35)44-46-41(43-42(47-44)31-16-4-8-21-38(31)50-43)27-23-24-37-32(25-27)30-15-3-7-20-36(30)49-37/h1-25H. The number of rotatable bonds is 2. The molecule has 0 N–H and O–H groups in total. The van der Waals surface area contributed by atoms with E-state index in [9.17, 15) is 0 Å². The molecular weight excluding hydrogens is 663 g/mol. The fraction of sp³-hybridized carbons (Fsp3) is 0.0222. The van der Waals surface area contributed by atoms with Crippen molar-refractivity contribution in [2.24, 2.45) is 0 Å². The topological polar surface area (TPSA) is 42.2 Å². The number of para-hydroxylation sites is 1. The van der Waals surface area contributed by atoms with E-state index in [-0.39, 0.29) is 0 Å². The third kappa shape index (κ3) is 3.65. The Bertz CT molecular complexity index is 3050. The molecule has 7 aromatic carbocycles. The van der Waals surface area contributed by atoms with Gasteiger partial charge in [-0.15, -0.1) is 11.3 Å². The Kier molecular flexibility index (Phi) is 5.49. The van der Waals surface area contributed by atoms with Gasteiger partial charge in [-0.05, 0) is 59.0 Å². The maximum absolute atomic E-state index is 6.25. The van der Waals surface area contributed by atoms with Gasteiger partial charge in [-0.25, -0.2) is 9.97 Å². The summed E-state index contributed by atoms with van der Waals surface area (Å²) in [6.45, 7) is 0. The van der Waals surface area contributed by atoms with Gasteiger partial charge in [-0.2, -0.15) is 0 Å². The van der Waals surface area contributed by atoms with Gasteiger partial charge in [0.1, 0.15) is 11.2 Å². The van der Waals surface area contributed by atoms with E-state index in [1.54, 1.807) is 11.3 Å². The Labute approximate surface area is 300 Å². The molecule has 0 saturated carbocycles. The van der Waals surface area contributed by atoms with Gasteiger partial charge in [0.2, 0.25) is 5.95 Å². The van der Waals surface area contributed by atoms with Crippen LogP contribution in [0.2, 0.25) is 0 Å². The van der Waals surface area contributed by atoms with Crippen molar-refractivity contribution in [3.8, 4) is 22.4 Å². The molecule has 12 rings (SSSR count). The van der Waals surface area contributed by atoms with E-state index in [0.29, 0.717) is 5.95 Å². The highest BCUT2D eigenvalue weighted by atomic mass is 32.2. The van der Waals surface area contributed by atoms with E-state index in [1.165, 1.54) is 42.6 Å². The molecule has 1 aliphatic heterocycles. The Balaban J connectivity index is 1.22. The summed E-state index contributed by atoms with van der Waals surface area (Å²) in [7, 11) is 0. The Hall–Kier alpha value is -5.95. The summed E-state index contributed by atoms with van der Waals surface area (Å²) < 4.78 is 8.53. The molecule has 238 valence electrons. The first-order chi connectivity index (χ1) is 25.3. The fourth-order valence-corrected chi connectivity index (χ4v) is 11.2. The molecule has 0 fully saturated rings. The number of hydrogen-bond donors (Lipinski definition) is 0. The van der Waals surface area contributed by atoms with Crippen molar-refractivity contribution in [3.63, 3.8) is 0 Å². The monoisotopic (exact) mass is 687 g/mol. The number of fused-ring (bicyclic) bond motifs is 11. The first kappa shape index (κ1) is 27.8. The van der Waals surface area contributed by atoms with Crippen LogP contribution in [0.15, 0.2) is 161 Å². The van der Waals surface area contributed by atoms with Gasteiger partial charge in [0.15, 0.2) is 4.87 Å². The van der Waals surface area contributed by atoms with Gasteiger partial charge >= 0.3 is 0 Å². The summed E-state index contributed by atoms with van der Waals surface area (Å²) >= 11 is 3.66. The third-order valence-electron chi connectivity index (χ3n) is 10.6. The lowest BCUT2D eigenvalue weighted by molar-refractivity contribution is 0.669. The minimum Gasteiger partial charge on any atom is -0.456 e. The number of nitrogens with zero attached hydrogens (tertiary/aromatic N) is 3. The molecule has 2 aliphatic rings. The van der Waals surface area contributed by atoms with Crippen molar-refractivity contribution in [3.05, 3.63) is 163 Å². The zero-order valence-electron chi connectivity index (χ0n) is 27.0. The van der Waals surface area contributed by atoms with Crippen LogP contribution >= 0.6 is 23.1 Å². The lowest BCUT2D eigenvalue weighted by Gasteiger charge is -2.46. The van der Waals surface area contributed by atoms with Gasteiger partial charge in [-0.1, -0.05) is 121 Å². The van der Waals surface area contributed by atoms with Crippen molar-refractivity contribution in [1.29, 1.82) is 0 Å². The molecule has 0 bridgehead atoms. The Morgan fingerprint density at radius 1 is 0.588 bits per heavy atom. The molecular formula is C45H25N3OS2. The number of aromatic nitrogens is 2. The fourth-order valence-electron chi connectivity index (χ4n) is 8.45. The van der Waals surface area contributed by atoms with Crippen LogP contribution in [0.25, 0.3) is 75.4 Å². The third-order valence-corrected chi connectivity index (χ3v) is 13.2. The van der Waals surface area contributed by atoms with Crippen molar-refractivity contribution >= 4 is 87.7 Å². The van der Waals surface area contributed by atoms with Crippen LogP contribution in [-0.4, -0.2) is 9.97 Å². The first-order valence-corrected chi connectivity index (χ1v) is 18.7. The maximum Gasteiger partial charge on any atom is 0.232 e. The SMILES string of the molecule is c1ccc2c(c1)-c1ccccc1C21Sc2cccc3cccc(c23)N1c1nc(-c2ccc3oc4ccccc4c3c2)c2sc3ccccc3c2n1. The predicted molar refractivity (Wildman–Crippen MR) is 212 cm³/mol. The average molecular weight is 688 g/mol. The Morgan fingerprint density at radius 2 is 1.29 bits per heavy atom. The molecule has 0 saturated heterocycles. The van der Waals surface area contributed by atoms with E-state index in [2.05, 4.69) is 144 Å². The second kappa shape index (κ2) is 10.1. The summed E-state index contributed by atoms with van der Waals surface area (Å²) in [6, 6.07) is 54.4. The quantitative estimate of drug-likeness (QED) is 0.181. The van der Waals surface area contributed by atoms with Crippen LogP contribution in [0.3, 0.4) is 0 Å². The van der Waals surface area contributed by atoms with E-state index in [1.807, 2.05) is 23.9 Å². The molecule has 0 unspecified atom stereocenters. The van der Waals surface area contributed by atoms with E-state index >= 15 is 0 Å². The maximum atomic E-state index is 6.25. The summed E-state index contributed by atoms with van der Waals surface area (Å²) in [5.74, 6) is 0.680. The van der Waals surface area contributed by atoms with Gasteiger partial charge in [0.25, 0.3) is 0 Å². The molecule has 0 atom stereocenters. The van der Waals surface area contributed by atoms with Gasteiger partial charge in [-0.3, -0.25) is 4.90 Å². The van der Waals surface area contributed by atoms with Crippen LogP contribution < -0.4 is 4.90 Å². The molecule has 4 nitrogen and oxygen atoms in total. The highest BCUT2D eigenvalue weighted by molar-refractivity contribution is 8.01. The second-order valence-corrected chi connectivity index (χ2v) is 15.5. The molecule has 1 spiro atoms. The smallest absolute Gasteiger partial charge is 0.232 e. The minimum atomic E-state index is -0.642. The number of thiophene rings is 1. The minimum absolute atomic E-state index is 0.642. The van der Waals surface area contributed by atoms with Crippen molar-refractivity contribution < 1.29 is 4.42 Å². The van der Waals surface area contributed by atoms with Crippen LogP contribution in [-0.2, 0) is 4.87 Å². The number of thioether (sulfide) groups is 1. The predicted octanol–water partition coefficient (Wildman–Crippen LogP) is 12.7. The lowest BCUT2D eigenvalue weighted by Crippen LogP contribution is -2.43. The highest BCUT2D eigenvalue weighted by Crippen LogP contribution is 2.65. The number of furan rings is 1. The first-order valence-electron chi connectivity index (χ1n) is 17.1.